The van der Waals surface area contributed by atoms with Gasteiger partial charge in [0.15, 0.2) is 6.61 Å². The fourth-order valence-corrected chi connectivity index (χ4v) is 5.26. The number of carboxylic acid groups (broad SMARTS) is 1. The molecule has 1 fully saturated rings. The number of benzene rings is 2. The minimum atomic E-state index is -1.16. The second-order valence-electron chi connectivity index (χ2n) is 6.53. The highest BCUT2D eigenvalue weighted by atomic mass is 127. The number of halogens is 2. The van der Waals surface area contributed by atoms with Crippen LogP contribution < -0.4 is 14.8 Å². The number of carbonyl (C=O) groups excluding carboxylic acids is 3. The smallest absolute Gasteiger partial charge is 0.341 e. The van der Waals surface area contributed by atoms with Crippen molar-refractivity contribution >= 4 is 85.1 Å². The third kappa shape index (κ3) is 6.48. The topological polar surface area (TPSA) is 122 Å². The summed E-state index contributed by atoms with van der Waals surface area (Å²) in [6.07, 6.45) is 1.44. The molecule has 1 aliphatic heterocycles. The van der Waals surface area contributed by atoms with Crippen molar-refractivity contribution in [3.63, 3.8) is 0 Å². The molecule has 0 saturated carbocycles. The van der Waals surface area contributed by atoms with E-state index < -0.39 is 36.2 Å². The molecule has 1 aliphatic rings. The number of amides is 3. The zero-order chi connectivity index (χ0) is 24.1. The van der Waals surface area contributed by atoms with E-state index in [4.69, 9.17) is 14.6 Å². The predicted octanol–water partition coefficient (Wildman–Crippen LogP) is 4.20. The van der Waals surface area contributed by atoms with Crippen molar-refractivity contribution in [3.8, 4) is 11.5 Å². The summed E-state index contributed by atoms with van der Waals surface area (Å²) in [5, 5.41) is 10.9. The highest BCUT2D eigenvalue weighted by Crippen LogP contribution is 2.37. The van der Waals surface area contributed by atoms with Crippen LogP contribution in [0.15, 0.2) is 45.8 Å². The number of nitrogens with one attached hydrogen (secondary N) is 1. The minimum Gasteiger partial charge on any atom is -0.497 e. The molecule has 3 amide bonds. The number of nitrogens with zero attached hydrogens (tertiary/aromatic N) is 1. The van der Waals surface area contributed by atoms with E-state index in [1.54, 1.807) is 36.4 Å². The number of rotatable bonds is 8. The highest BCUT2D eigenvalue weighted by molar-refractivity contribution is 14.1. The molecule has 0 radical (unpaired) electrons. The fourth-order valence-electron chi connectivity index (χ4n) is 2.77. The molecule has 1 heterocycles. The van der Waals surface area contributed by atoms with Gasteiger partial charge in [-0.1, -0.05) is 0 Å². The summed E-state index contributed by atoms with van der Waals surface area (Å²) >= 11 is 6.07. The largest absolute Gasteiger partial charge is 0.497 e. The molecule has 9 nitrogen and oxygen atoms in total. The van der Waals surface area contributed by atoms with Crippen LogP contribution in [0, 0.1) is 3.57 Å². The average Bonchev–Trinajstić information content (AvgIpc) is 3.00. The highest BCUT2D eigenvalue weighted by Gasteiger charge is 2.36. The van der Waals surface area contributed by atoms with Gasteiger partial charge in [-0.2, -0.15) is 0 Å². The van der Waals surface area contributed by atoms with E-state index in [2.05, 4.69) is 43.8 Å². The molecule has 0 aromatic heterocycles. The van der Waals surface area contributed by atoms with Gasteiger partial charge in [0.05, 0.1) is 16.5 Å². The summed E-state index contributed by atoms with van der Waals surface area (Å²) in [5.74, 6) is -1.48. The van der Waals surface area contributed by atoms with E-state index >= 15 is 0 Å². The quantitative estimate of drug-likeness (QED) is 0.323. The maximum Gasteiger partial charge on any atom is 0.341 e. The first-order chi connectivity index (χ1) is 15.7. The Morgan fingerprint density at radius 3 is 2.58 bits per heavy atom. The van der Waals surface area contributed by atoms with Crippen molar-refractivity contribution in [1.29, 1.82) is 0 Å². The molecule has 1 saturated heterocycles. The van der Waals surface area contributed by atoms with Crippen LogP contribution in [0.2, 0.25) is 0 Å². The van der Waals surface area contributed by atoms with Gasteiger partial charge in [0.25, 0.3) is 11.1 Å². The van der Waals surface area contributed by atoms with Crippen molar-refractivity contribution in [3.05, 3.63) is 54.9 Å². The predicted molar refractivity (Wildman–Crippen MR) is 134 cm³/mol. The Morgan fingerprint density at radius 1 is 1.24 bits per heavy atom. The van der Waals surface area contributed by atoms with Gasteiger partial charge in [-0.3, -0.25) is 19.3 Å². The van der Waals surface area contributed by atoms with Crippen molar-refractivity contribution in [1.82, 2.24) is 4.90 Å². The van der Waals surface area contributed by atoms with E-state index in [1.807, 2.05) is 0 Å². The number of thioether (sulfide) groups is 1. The Morgan fingerprint density at radius 2 is 1.94 bits per heavy atom. The Labute approximate surface area is 214 Å². The van der Waals surface area contributed by atoms with Gasteiger partial charge in [0, 0.05) is 14.8 Å². The van der Waals surface area contributed by atoms with E-state index in [1.165, 1.54) is 13.2 Å². The summed E-state index contributed by atoms with van der Waals surface area (Å²) in [6.45, 7) is -1.03. The van der Waals surface area contributed by atoms with Gasteiger partial charge in [0.2, 0.25) is 5.91 Å². The number of anilines is 1. The van der Waals surface area contributed by atoms with Crippen molar-refractivity contribution in [2.24, 2.45) is 0 Å². The Balaban J connectivity index is 1.76. The lowest BCUT2D eigenvalue weighted by atomic mass is 10.2. The first kappa shape index (κ1) is 25.1. The second-order valence-corrected chi connectivity index (χ2v) is 9.63. The molecule has 0 spiro atoms. The molecule has 2 N–H and O–H groups in total. The molecule has 0 bridgehead atoms. The lowest BCUT2D eigenvalue weighted by Gasteiger charge is -2.13. The van der Waals surface area contributed by atoms with Gasteiger partial charge < -0.3 is 19.9 Å². The van der Waals surface area contributed by atoms with Crippen molar-refractivity contribution in [2.75, 3.05) is 25.6 Å². The summed E-state index contributed by atoms with van der Waals surface area (Å²) in [6, 6.07) is 10.0. The van der Waals surface area contributed by atoms with Gasteiger partial charge in [0.1, 0.15) is 18.0 Å². The van der Waals surface area contributed by atoms with E-state index in [0.29, 0.717) is 33.2 Å². The normalized spacial score (nSPS) is 14.5. The SMILES string of the molecule is COc1ccc(NC(=O)CN2C(=O)S/C(=C/c3cc(I)cc(Br)c3OCC(=O)O)C2=O)cc1. The van der Waals surface area contributed by atoms with Gasteiger partial charge in [-0.25, -0.2) is 4.79 Å². The lowest BCUT2D eigenvalue weighted by Crippen LogP contribution is -2.36. The summed E-state index contributed by atoms with van der Waals surface area (Å²) in [5.41, 5.74) is 0.912. The molecule has 0 atom stereocenters. The standard InChI is InChI=1S/C21H16BrIN2O7S/c1-31-14-4-2-13(3-5-14)24-17(26)9-25-20(29)16(33-21(25)30)7-11-6-12(23)8-15(22)19(11)32-10-18(27)28/h2-8H,9-10H2,1H3,(H,24,26)(H,27,28)/b16-7+. The van der Waals surface area contributed by atoms with Crippen molar-refractivity contribution in [2.45, 2.75) is 0 Å². The number of aliphatic carboxylic acids is 1. The first-order valence-electron chi connectivity index (χ1n) is 9.21. The van der Waals surface area contributed by atoms with Crippen LogP contribution in [0.25, 0.3) is 6.08 Å². The number of carboxylic acids is 1. The first-order valence-corrected chi connectivity index (χ1v) is 11.9. The van der Waals surface area contributed by atoms with Crippen LogP contribution in [0.4, 0.5) is 10.5 Å². The Kier molecular flexibility index (Phi) is 8.37. The number of carbonyl (C=O) groups is 4. The van der Waals surface area contributed by atoms with E-state index in [0.717, 1.165) is 8.47 Å². The lowest BCUT2D eigenvalue weighted by molar-refractivity contribution is -0.139. The summed E-state index contributed by atoms with van der Waals surface area (Å²) in [4.78, 5) is 49.4. The van der Waals surface area contributed by atoms with Gasteiger partial charge >= 0.3 is 5.97 Å². The maximum atomic E-state index is 12.8. The third-order valence-electron chi connectivity index (χ3n) is 4.21. The van der Waals surface area contributed by atoms with Crippen LogP contribution in [-0.2, 0) is 14.4 Å². The number of methoxy groups -OCH3 is 1. The van der Waals surface area contributed by atoms with Gasteiger partial charge in [-0.05, 0) is 92.8 Å². The van der Waals surface area contributed by atoms with E-state index in [-0.39, 0.29) is 10.7 Å². The Hall–Kier alpha value is -2.58. The number of ether oxygens (including phenoxy) is 2. The fraction of sp³-hybridized carbons (Fsp3) is 0.143. The van der Waals surface area contributed by atoms with Crippen LogP contribution in [0.3, 0.4) is 0 Å². The monoisotopic (exact) mass is 646 g/mol. The molecule has 172 valence electrons. The molecular formula is C21H16BrIN2O7S. The Bertz CT molecular complexity index is 1150. The zero-order valence-corrected chi connectivity index (χ0v) is 21.5. The van der Waals surface area contributed by atoms with Crippen LogP contribution >= 0.6 is 50.3 Å². The van der Waals surface area contributed by atoms with Crippen LogP contribution in [-0.4, -0.2) is 53.3 Å². The third-order valence-corrected chi connectivity index (χ3v) is 6.33. The van der Waals surface area contributed by atoms with Crippen LogP contribution in [0.1, 0.15) is 5.56 Å². The molecule has 2 aromatic carbocycles. The molecule has 0 unspecified atom stereocenters. The zero-order valence-electron chi connectivity index (χ0n) is 17.0. The number of hydrogen-bond acceptors (Lipinski definition) is 7. The molecule has 33 heavy (non-hydrogen) atoms. The summed E-state index contributed by atoms with van der Waals surface area (Å²) < 4.78 is 11.7. The van der Waals surface area contributed by atoms with Gasteiger partial charge in [-0.15, -0.1) is 0 Å². The number of imide groups is 1. The molecule has 2 aromatic rings. The number of hydrogen-bond donors (Lipinski definition) is 2. The molecular weight excluding hydrogens is 631 g/mol. The molecule has 3 rings (SSSR count). The molecule has 0 aliphatic carbocycles. The second kappa shape index (κ2) is 11.0. The maximum absolute atomic E-state index is 12.8. The van der Waals surface area contributed by atoms with Crippen molar-refractivity contribution < 1.29 is 33.8 Å². The van der Waals surface area contributed by atoms with Crippen LogP contribution in [0.5, 0.6) is 11.5 Å². The average molecular weight is 647 g/mol. The molecule has 12 heteroatoms. The van der Waals surface area contributed by atoms with E-state index in [9.17, 15) is 19.2 Å². The minimum absolute atomic E-state index is 0.0892. The summed E-state index contributed by atoms with van der Waals surface area (Å²) in [7, 11) is 1.53.